The van der Waals surface area contributed by atoms with Crippen molar-refractivity contribution in [3.8, 4) is 0 Å². The molecule has 4 rings (SSSR count). The molecule has 0 saturated carbocycles. The van der Waals surface area contributed by atoms with Crippen molar-refractivity contribution in [3.05, 3.63) is 82.8 Å². The summed E-state index contributed by atoms with van der Waals surface area (Å²) < 4.78 is 1.05. The van der Waals surface area contributed by atoms with Crippen LogP contribution < -0.4 is 5.32 Å². The second-order valence-electron chi connectivity index (χ2n) is 5.88. The first-order valence-electron chi connectivity index (χ1n) is 8.18. The smallest absolute Gasteiger partial charge is 0.0879 e. The van der Waals surface area contributed by atoms with Crippen molar-refractivity contribution in [1.29, 1.82) is 0 Å². The molecule has 3 aromatic carbocycles. The van der Waals surface area contributed by atoms with Gasteiger partial charge in [0.1, 0.15) is 0 Å². The fourth-order valence-electron chi connectivity index (χ4n) is 2.74. The van der Waals surface area contributed by atoms with Crippen molar-refractivity contribution < 1.29 is 0 Å². The molecule has 5 heteroatoms. The van der Waals surface area contributed by atoms with Gasteiger partial charge in [0.2, 0.25) is 0 Å². The molecular weight excluding hydrogens is 424 g/mol. The van der Waals surface area contributed by atoms with Gasteiger partial charge in [0.15, 0.2) is 0 Å². The molecule has 0 spiro atoms. The second-order valence-corrected chi connectivity index (χ2v) is 8.44. The quantitative estimate of drug-likeness (QED) is 0.451. The molecule has 0 radical (unpaired) electrons. The summed E-state index contributed by atoms with van der Waals surface area (Å²) in [4.78, 5) is 8.08. The molecule has 26 heavy (non-hydrogen) atoms. The molecule has 1 heterocycles. The third-order valence-corrected chi connectivity index (χ3v) is 5.76. The number of halogens is 1. The molecule has 0 aromatic heterocycles. The Balaban J connectivity index is 1.71. The maximum absolute atomic E-state index is 5.50. The van der Waals surface area contributed by atoms with Crippen molar-refractivity contribution >= 4 is 62.0 Å². The van der Waals surface area contributed by atoms with E-state index in [1.165, 1.54) is 4.90 Å². The number of nitrogens with one attached hydrogen (secondary N) is 1. The van der Waals surface area contributed by atoms with E-state index in [4.69, 9.17) is 17.2 Å². The van der Waals surface area contributed by atoms with E-state index < -0.39 is 0 Å². The van der Waals surface area contributed by atoms with Crippen LogP contribution in [0.25, 0.3) is 0 Å². The van der Waals surface area contributed by atoms with E-state index >= 15 is 0 Å². The number of benzene rings is 3. The van der Waals surface area contributed by atoms with E-state index in [1.807, 2.05) is 18.2 Å². The van der Waals surface area contributed by atoms with E-state index in [0.29, 0.717) is 6.42 Å². The van der Waals surface area contributed by atoms with Gasteiger partial charge in [-0.25, -0.2) is 0 Å². The van der Waals surface area contributed by atoms with Crippen LogP contribution in [0.2, 0.25) is 0 Å². The maximum Gasteiger partial charge on any atom is 0.0879 e. The number of thiocarbonyl (C=S) groups is 1. The van der Waals surface area contributed by atoms with Crippen LogP contribution in [0.1, 0.15) is 12.0 Å². The van der Waals surface area contributed by atoms with Crippen molar-refractivity contribution in [1.82, 2.24) is 0 Å². The zero-order valence-corrected chi connectivity index (χ0v) is 17.0. The van der Waals surface area contributed by atoms with Crippen LogP contribution in [0.15, 0.2) is 92.1 Å². The summed E-state index contributed by atoms with van der Waals surface area (Å²) in [7, 11) is 0. The second kappa shape index (κ2) is 7.74. The van der Waals surface area contributed by atoms with Crippen LogP contribution in [0, 0.1) is 0 Å². The predicted molar refractivity (Wildman–Crippen MR) is 118 cm³/mol. The number of nitrogens with zero attached hydrogens (tertiary/aromatic N) is 1. The van der Waals surface area contributed by atoms with Crippen molar-refractivity contribution in [3.63, 3.8) is 0 Å². The Labute approximate surface area is 170 Å². The lowest BCUT2D eigenvalue weighted by molar-refractivity contribution is 1.38. The summed E-state index contributed by atoms with van der Waals surface area (Å²) in [5, 5.41) is 3.32. The van der Waals surface area contributed by atoms with E-state index in [2.05, 4.69) is 75.8 Å². The molecule has 0 aliphatic carbocycles. The number of hydrogen-bond acceptors (Lipinski definition) is 3. The normalized spacial score (nSPS) is 13.4. The molecule has 3 aromatic rings. The van der Waals surface area contributed by atoms with Crippen LogP contribution >= 0.6 is 39.9 Å². The minimum atomic E-state index is 0.632. The van der Waals surface area contributed by atoms with Crippen molar-refractivity contribution in [2.75, 3.05) is 5.32 Å². The van der Waals surface area contributed by atoms with Crippen LogP contribution in [0.4, 0.5) is 11.4 Å². The highest BCUT2D eigenvalue weighted by molar-refractivity contribution is 9.10. The Kier molecular flexibility index (Phi) is 5.20. The lowest BCUT2D eigenvalue weighted by Crippen LogP contribution is -2.12. The lowest BCUT2D eigenvalue weighted by atomic mass is 10.1. The summed E-state index contributed by atoms with van der Waals surface area (Å²) in [5.41, 5.74) is 3.95. The average Bonchev–Trinajstić information content (AvgIpc) is 2.81. The summed E-state index contributed by atoms with van der Waals surface area (Å²) in [6, 6.07) is 24.8. The van der Waals surface area contributed by atoms with E-state index in [1.54, 1.807) is 11.8 Å². The Morgan fingerprint density at radius 2 is 1.69 bits per heavy atom. The fourth-order valence-corrected chi connectivity index (χ4v) is 4.12. The number of fused-ring (bicyclic) bond motifs is 1. The van der Waals surface area contributed by atoms with E-state index in [0.717, 1.165) is 37.0 Å². The summed E-state index contributed by atoms with van der Waals surface area (Å²) >= 11 is 10.7. The van der Waals surface area contributed by atoms with Crippen LogP contribution in [-0.2, 0) is 0 Å². The van der Waals surface area contributed by atoms with Crippen molar-refractivity contribution in [2.45, 2.75) is 16.2 Å². The molecule has 1 aliphatic rings. The molecule has 128 valence electrons. The van der Waals surface area contributed by atoms with Crippen LogP contribution in [-0.4, -0.2) is 10.7 Å². The van der Waals surface area contributed by atoms with Gasteiger partial charge in [0, 0.05) is 20.7 Å². The lowest BCUT2D eigenvalue weighted by Gasteiger charge is -2.08. The van der Waals surface area contributed by atoms with Gasteiger partial charge in [-0.1, -0.05) is 70.2 Å². The molecule has 2 nitrogen and oxygen atoms in total. The molecule has 0 saturated heterocycles. The number of rotatable bonds is 3. The van der Waals surface area contributed by atoms with Crippen LogP contribution in [0.5, 0.6) is 0 Å². The Morgan fingerprint density at radius 1 is 0.923 bits per heavy atom. The van der Waals surface area contributed by atoms with Crippen molar-refractivity contribution in [2.24, 2.45) is 4.99 Å². The minimum absolute atomic E-state index is 0.632. The van der Waals surface area contributed by atoms with Gasteiger partial charge >= 0.3 is 0 Å². The first kappa shape index (κ1) is 17.5. The minimum Gasteiger partial charge on any atom is -0.348 e. The average molecular weight is 439 g/mol. The van der Waals surface area contributed by atoms with Gasteiger partial charge in [-0.15, -0.1) is 0 Å². The molecule has 0 bridgehead atoms. The monoisotopic (exact) mass is 438 g/mol. The Morgan fingerprint density at radius 3 is 2.46 bits per heavy atom. The SMILES string of the molecule is S=C1CC(c2ccc(Br)cc2)=Nc2cc(Sc3ccccc3)ccc2N1. The third kappa shape index (κ3) is 4.06. The van der Waals surface area contributed by atoms with Gasteiger partial charge in [-0.3, -0.25) is 4.99 Å². The van der Waals surface area contributed by atoms with Gasteiger partial charge in [-0.05, 0) is 48.0 Å². The molecule has 0 amide bonds. The molecule has 1 aliphatic heterocycles. The molecular formula is C21H15BrN2S2. The highest BCUT2D eigenvalue weighted by Gasteiger charge is 2.15. The number of hydrogen-bond donors (Lipinski definition) is 1. The van der Waals surface area contributed by atoms with Gasteiger partial charge < -0.3 is 5.32 Å². The van der Waals surface area contributed by atoms with E-state index in [-0.39, 0.29) is 0 Å². The predicted octanol–water partition coefficient (Wildman–Crippen LogP) is 6.86. The van der Waals surface area contributed by atoms with Gasteiger partial charge in [0.05, 0.1) is 22.1 Å². The Bertz CT molecular complexity index is 983. The highest BCUT2D eigenvalue weighted by atomic mass is 79.9. The summed E-state index contributed by atoms with van der Waals surface area (Å²) in [6.07, 6.45) is 0.632. The number of anilines is 1. The highest BCUT2D eigenvalue weighted by Crippen LogP contribution is 2.36. The summed E-state index contributed by atoms with van der Waals surface area (Å²) in [6.45, 7) is 0. The molecule has 0 fully saturated rings. The van der Waals surface area contributed by atoms with Gasteiger partial charge in [-0.2, -0.15) is 0 Å². The fraction of sp³-hybridized carbons (Fsp3) is 0.0476. The first-order chi connectivity index (χ1) is 12.7. The van der Waals surface area contributed by atoms with Gasteiger partial charge in [0.25, 0.3) is 0 Å². The third-order valence-electron chi connectivity index (χ3n) is 3.98. The molecule has 0 unspecified atom stereocenters. The zero-order chi connectivity index (χ0) is 17.9. The maximum atomic E-state index is 5.50. The molecule has 0 atom stereocenters. The largest absolute Gasteiger partial charge is 0.348 e. The van der Waals surface area contributed by atoms with E-state index in [9.17, 15) is 0 Å². The topological polar surface area (TPSA) is 24.4 Å². The molecule has 1 N–H and O–H groups in total. The Hall–Kier alpha value is -1.95. The van der Waals surface area contributed by atoms with Crippen LogP contribution in [0.3, 0.4) is 0 Å². The summed E-state index contributed by atoms with van der Waals surface area (Å²) in [5.74, 6) is 0. The standard InChI is InChI=1S/C21H15BrN2S2/c22-15-8-6-14(7-9-15)19-13-21(25)24-18-11-10-17(12-20(18)23-19)26-16-4-2-1-3-5-16/h1-12H,13H2,(H,24,25). The first-order valence-corrected chi connectivity index (χ1v) is 10.2. The number of aliphatic imine (C=N–C) groups is 1. The zero-order valence-electron chi connectivity index (χ0n) is 13.8.